The molecule has 0 spiro atoms. The number of benzene rings is 1. The van der Waals surface area contributed by atoms with E-state index in [1.165, 1.54) is 58.5 Å². The van der Waals surface area contributed by atoms with Gasteiger partial charge in [0.2, 0.25) is 0 Å². The van der Waals surface area contributed by atoms with Crippen LogP contribution >= 0.6 is 45.8 Å². The largest absolute Gasteiger partial charge is 0.493 e. The lowest BCUT2D eigenvalue weighted by Crippen LogP contribution is -2.62. The standard InChI is InChI=1S/C56H79Cl2IN4O18/c1-27-23-54(9,71-14)47(79-51-45(76-33(7)64)38(60-12)21-28(2)74-51)30(4)44(78-41-24-55(10,72-15)48(32(6)75-41)77-34(8)65)31(5)50(68)80-52(59)56(11)46(29(3)43(27)66)63(53(69)81-56)19-16-20-73-40-22-35(17-18-39(40)70-13)49(67)62-42-36(57)25-61-26-37(42)58/h17-18,22,25-32,38,41,44-48,51-52,60H,16,19-21,23-24H2,1-15H3,(H,61,62,67)/t27-,28-,29+,30+,31-,32+,38+,41+,44+,45-,46-,47-,48+,51+,52+,54-,55-,56+/m1/s1. The molecule has 2 amide bonds. The number of ketones is 1. The van der Waals surface area contributed by atoms with Crippen LogP contribution < -0.4 is 20.1 Å². The molecule has 81 heavy (non-hydrogen) atoms. The maximum absolute atomic E-state index is 15.3. The summed E-state index contributed by atoms with van der Waals surface area (Å²) in [4.78, 5) is 88.4. The van der Waals surface area contributed by atoms with Gasteiger partial charge in [-0.25, -0.2) is 4.79 Å². The highest BCUT2D eigenvalue weighted by Crippen LogP contribution is 2.46. The average molecular weight is 1290 g/mol. The SMILES string of the molecule is CN[C@H]1C[C@@H](C)O[C@@H](O[C@@H]2[C@@H](C)[C@H](O[C@H]3C[C@@](C)(OC)[C@@H](OC(C)=O)[C@H](C)O3)[C@@H](C)C(=O)O[C@H](I)[C@@]3(C)OC(=O)N(CCCOc4cc(C(=O)Nc5c(Cl)cncc5Cl)ccc4OC)[C@@H]3[C@@H](C)C(=O)[C@H](C)C[C@@]2(C)OC)[C@@H]1OC(C)=O. The van der Waals surface area contributed by atoms with E-state index in [-0.39, 0.29) is 71.3 Å². The number of carbonyl (C=O) groups is 6. The molecule has 4 saturated heterocycles. The van der Waals surface area contributed by atoms with Crippen molar-refractivity contribution in [1.82, 2.24) is 15.2 Å². The molecule has 6 rings (SSSR count). The number of nitrogens with zero attached hydrogens (tertiary/aromatic N) is 2. The molecule has 0 saturated carbocycles. The third-order valence-electron chi connectivity index (χ3n) is 16.1. The predicted octanol–water partition coefficient (Wildman–Crippen LogP) is 8.12. The Labute approximate surface area is 497 Å². The number of amides is 2. The summed E-state index contributed by atoms with van der Waals surface area (Å²) >= 11 is 14.4. The Morgan fingerprint density at radius 1 is 0.840 bits per heavy atom. The first-order valence-corrected chi connectivity index (χ1v) is 29.1. The number of alkyl halides is 1. The number of Topliss-reactive ketones (excluding diaryl/α,β-unsaturated/α-hetero) is 1. The fraction of sp³-hybridized carbons (Fsp3) is 0.696. The monoisotopic (exact) mass is 1290 g/mol. The van der Waals surface area contributed by atoms with E-state index in [2.05, 4.69) is 15.6 Å². The van der Waals surface area contributed by atoms with E-state index < -0.39 is 130 Å². The number of rotatable bonds is 17. The summed E-state index contributed by atoms with van der Waals surface area (Å²) in [6.07, 6.45) is -4.63. The molecule has 1 aromatic heterocycles. The van der Waals surface area contributed by atoms with E-state index in [9.17, 15) is 19.2 Å². The molecule has 452 valence electrons. The molecule has 22 nitrogen and oxygen atoms in total. The number of cyclic esters (lactones) is 1. The van der Waals surface area contributed by atoms with Crippen LogP contribution in [0.5, 0.6) is 11.5 Å². The zero-order valence-corrected chi connectivity index (χ0v) is 52.3. The van der Waals surface area contributed by atoms with Gasteiger partial charge in [-0.2, -0.15) is 0 Å². The summed E-state index contributed by atoms with van der Waals surface area (Å²) in [6.45, 7) is 18.4. The molecule has 4 aliphatic heterocycles. The van der Waals surface area contributed by atoms with Crippen LogP contribution in [0.25, 0.3) is 0 Å². The normalized spacial score (nSPS) is 35.9. The summed E-state index contributed by atoms with van der Waals surface area (Å²) < 4.78 is 74.3. The lowest BCUT2D eigenvalue weighted by molar-refractivity contribution is -0.318. The highest BCUT2D eigenvalue weighted by Gasteiger charge is 2.61. The van der Waals surface area contributed by atoms with E-state index >= 15 is 9.59 Å². The third kappa shape index (κ3) is 14.8. The van der Waals surface area contributed by atoms with Crippen LogP contribution in [0.2, 0.25) is 10.0 Å². The van der Waals surface area contributed by atoms with E-state index in [4.69, 9.17) is 80.0 Å². The number of pyridine rings is 1. The zero-order valence-electron chi connectivity index (χ0n) is 48.7. The molecular weight excluding hydrogens is 1210 g/mol. The molecule has 2 N–H and O–H groups in total. The molecule has 18 atom stereocenters. The quantitative estimate of drug-likeness (QED) is 0.0498. The topological polar surface area (TPSA) is 253 Å². The van der Waals surface area contributed by atoms with Crippen molar-refractivity contribution in [2.24, 2.45) is 23.7 Å². The molecule has 0 aliphatic carbocycles. The molecule has 2 aromatic rings. The molecular formula is C56H79Cl2IN4O18. The summed E-state index contributed by atoms with van der Waals surface area (Å²) in [5.74, 6) is -5.75. The van der Waals surface area contributed by atoms with Crippen LogP contribution in [-0.2, 0) is 66.5 Å². The minimum atomic E-state index is -1.60. The summed E-state index contributed by atoms with van der Waals surface area (Å²) in [5, 5.41) is 6.23. The maximum atomic E-state index is 15.3. The van der Waals surface area contributed by atoms with Crippen molar-refractivity contribution in [2.75, 3.05) is 46.8 Å². The van der Waals surface area contributed by atoms with Gasteiger partial charge >= 0.3 is 24.0 Å². The lowest BCUT2D eigenvalue weighted by Gasteiger charge is -2.50. The number of nitrogens with one attached hydrogen (secondary N) is 2. The number of hydrogen-bond donors (Lipinski definition) is 2. The number of aromatic nitrogens is 1. The molecule has 0 unspecified atom stereocenters. The minimum absolute atomic E-state index is 0.0109. The number of likely N-dealkylation sites (N-methyl/N-ethyl adjacent to an activating group) is 1. The number of ether oxygens (including phenoxy) is 12. The van der Waals surface area contributed by atoms with Gasteiger partial charge in [-0.1, -0.05) is 44.0 Å². The third-order valence-corrected chi connectivity index (χ3v) is 18.2. The maximum Gasteiger partial charge on any atom is 0.410 e. The van der Waals surface area contributed by atoms with E-state index in [0.29, 0.717) is 12.2 Å². The summed E-state index contributed by atoms with van der Waals surface area (Å²) in [6, 6.07) is 3.21. The van der Waals surface area contributed by atoms with Crippen molar-refractivity contribution in [3.05, 3.63) is 46.2 Å². The van der Waals surface area contributed by atoms with E-state index in [0.717, 1.165) is 0 Å². The van der Waals surface area contributed by atoms with Gasteiger partial charge in [-0.05, 0) is 109 Å². The van der Waals surface area contributed by atoms with Crippen LogP contribution in [0, 0.1) is 23.7 Å². The molecule has 0 radical (unpaired) electrons. The second kappa shape index (κ2) is 27.7. The number of halogens is 3. The molecule has 0 bridgehead atoms. The van der Waals surface area contributed by atoms with Crippen LogP contribution in [0.1, 0.15) is 112 Å². The van der Waals surface area contributed by atoms with Gasteiger partial charge in [-0.3, -0.25) is 29.0 Å². The van der Waals surface area contributed by atoms with Gasteiger partial charge in [0, 0.05) is 76.7 Å². The van der Waals surface area contributed by atoms with Crippen molar-refractivity contribution in [2.45, 2.75) is 184 Å². The van der Waals surface area contributed by atoms with Crippen molar-refractivity contribution < 1.29 is 85.6 Å². The fourth-order valence-electron chi connectivity index (χ4n) is 11.8. The first kappa shape index (κ1) is 66.0. The molecule has 1 aromatic carbocycles. The highest BCUT2D eigenvalue weighted by molar-refractivity contribution is 14.1. The van der Waals surface area contributed by atoms with Crippen LogP contribution in [0.4, 0.5) is 10.5 Å². The molecule has 4 aliphatic rings. The average Bonchev–Trinajstić information content (AvgIpc) is 4.01. The highest BCUT2D eigenvalue weighted by atomic mass is 127. The van der Waals surface area contributed by atoms with Crippen molar-refractivity contribution in [3.8, 4) is 11.5 Å². The van der Waals surface area contributed by atoms with Crippen molar-refractivity contribution >= 4 is 87.2 Å². The van der Waals surface area contributed by atoms with Gasteiger partial charge in [0.25, 0.3) is 5.91 Å². The first-order valence-electron chi connectivity index (χ1n) is 27.1. The predicted molar refractivity (Wildman–Crippen MR) is 303 cm³/mol. The number of carbonyl (C=O) groups excluding carboxylic acids is 6. The van der Waals surface area contributed by atoms with E-state index in [1.54, 1.807) is 67.6 Å². The molecule has 5 heterocycles. The second-order valence-electron chi connectivity index (χ2n) is 22.1. The number of fused-ring (bicyclic) bond motifs is 1. The molecule has 4 fully saturated rings. The smallest absolute Gasteiger partial charge is 0.410 e. The minimum Gasteiger partial charge on any atom is -0.493 e. The first-order chi connectivity index (χ1) is 38.1. The summed E-state index contributed by atoms with van der Waals surface area (Å²) in [7, 11) is 6.20. The van der Waals surface area contributed by atoms with Crippen molar-refractivity contribution in [1.29, 1.82) is 0 Å². The zero-order chi connectivity index (χ0) is 60.1. The van der Waals surface area contributed by atoms with Gasteiger partial charge in [0.15, 0.2) is 46.0 Å². The van der Waals surface area contributed by atoms with Gasteiger partial charge in [0.05, 0.1) is 77.5 Å². The number of hydrogen-bond acceptors (Lipinski definition) is 20. The number of anilines is 1. The van der Waals surface area contributed by atoms with E-state index in [1.807, 2.05) is 36.4 Å². The van der Waals surface area contributed by atoms with Crippen LogP contribution in [-0.4, -0.2) is 169 Å². The van der Waals surface area contributed by atoms with Crippen LogP contribution in [0.15, 0.2) is 30.6 Å². The lowest BCUT2D eigenvalue weighted by atomic mass is 9.74. The molecule has 25 heteroatoms. The second-order valence-corrected chi connectivity index (χ2v) is 24.0. The Kier molecular flexibility index (Phi) is 22.5. The van der Waals surface area contributed by atoms with Crippen LogP contribution in [0.3, 0.4) is 0 Å². The Hall–Kier alpha value is -4.18. The van der Waals surface area contributed by atoms with Gasteiger partial charge < -0.3 is 72.4 Å². The Bertz CT molecular complexity index is 2570. The fourth-order valence-corrected chi connectivity index (χ4v) is 13.0. The Morgan fingerprint density at radius 3 is 2.09 bits per heavy atom. The Balaban J connectivity index is 1.36. The van der Waals surface area contributed by atoms with Gasteiger partial charge in [-0.15, -0.1) is 0 Å². The number of esters is 3. The van der Waals surface area contributed by atoms with Crippen molar-refractivity contribution in [3.63, 3.8) is 0 Å². The Morgan fingerprint density at radius 2 is 1.48 bits per heavy atom. The van der Waals surface area contributed by atoms with Gasteiger partial charge in [0.1, 0.15) is 11.4 Å². The summed E-state index contributed by atoms with van der Waals surface area (Å²) in [5.41, 5.74) is -3.72. The number of methoxy groups -OCH3 is 3.